The molecular formula is C26H28ClN5O3S. The quantitative estimate of drug-likeness (QED) is 0.477. The van der Waals surface area contributed by atoms with E-state index in [0.717, 1.165) is 48.9 Å². The van der Waals surface area contributed by atoms with Crippen molar-refractivity contribution in [2.75, 3.05) is 24.2 Å². The average Bonchev–Trinajstić information content (AvgIpc) is 2.85. The number of aryl methyl sites for hydroxylation is 2. The van der Waals surface area contributed by atoms with Crippen molar-refractivity contribution >= 4 is 27.4 Å². The molecule has 0 aliphatic carbocycles. The highest BCUT2D eigenvalue weighted by molar-refractivity contribution is 7.90. The van der Waals surface area contributed by atoms with Gasteiger partial charge in [0.25, 0.3) is 0 Å². The van der Waals surface area contributed by atoms with Crippen LogP contribution in [0.2, 0.25) is 5.02 Å². The third kappa shape index (κ3) is 5.95. The summed E-state index contributed by atoms with van der Waals surface area (Å²) < 4.78 is 30.0. The fraction of sp³-hybridized carbons (Fsp3) is 0.346. The fourth-order valence-corrected chi connectivity index (χ4v) is 5.31. The second-order valence-corrected chi connectivity index (χ2v) is 11.4. The van der Waals surface area contributed by atoms with Crippen molar-refractivity contribution in [1.29, 1.82) is 5.26 Å². The van der Waals surface area contributed by atoms with Gasteiger partial charge in [-0.25, -0.2) is 13.4 Å². The Bertz CT molecular complexity index is 1390. The molecule has 1 fully saturated rings. The number of piperidine rings is 1. The predicted octanol–water partition coefficient (Wildman–Crippen LogP) is 4.57. The largest absolute Gasteiger partial charge is 0.438 e. The summed E-state index contributed by atoms with van der Waals surface area (Å²) in [5, 5.41) is 13.0. The first-order chi connectivity index (χ1) is 17.2. The van der Waals surface area contributed by atoms with Crippen LogP contribution >= 0.6 is 11.6 Å². The van der Waals surface area contributed by atoms with E-state index in [1.165, 1.54) is 6.07 Å². The Kier molecular flexibility index (Phi) is 7.79. The standard InChI is InChI=1S/C26H28ClN5O3S/c1-17-12-19(15-28)13-18(2)25(17)35-24-8-11-30-26(31-24)32(21-6-9-29-10-7-21)16-20-4-5-22(14-23(20)27)36(3,33)34/h4-5,8,11-14,21,29H,6-7,9-10,16H2,1-3H3. The van der Waals surface area contributed by atoms with Crippen LogP contribution in [-0.2, 0) is 16.4 Å². The first-order valence-electron chi connectivity index (χ1n) is 11.6. The second-order valence-electron chi connectivity index (χ2n) is 8.98. The van der Waals surface area contributed by atoms with Gasteiger partial charge < -0.3 is 15.0 Å². The molecular weight excluding hydrogens is 498 g/mol. The molecule has 0 spiro atoms. The van der Waals surface area contributed by atoms with Crippen LogP contribution in [-0.4, -0.2) is 43.8 Å². The zero-order chi connectivity index (χ0) is 25.9. The van der Waals surface area contributed by atoms with Crippen molar-refractivity contribution in [3.05, 3.63) is 69.9 Å². The monoisotopic (exact) mass is 525 g/mol. The minimum absolute atomic E-state index is 0.172. The number of benzene rings is 2. The van der Waals surface area contributed by atoms with Crippen LogP contribution in [0.25, 0.3) is 0 Å². The lowest BCUT2D eigenvalue weighted by atomic mass is 10.0. The Morgan fingerprint density at radius 2 is 1.86 bits per heavy atom. The molecule has 1 saturated heterocycles. The normalized spacial score (nSPS) is 14.3. The Balaban J connectivity index is 1.66. The molecule has 2 heterocycles. The maximum absolute atomic E-state index is 11.9. The number of nitrogens with zero attached hydrogens (tertiary/aromatic N) is 4. The molecule has 1 aliphatic heterocycles. The molecule has 0 unspecified atom stereocenters. The number of hydrogen-bond acceptors (Lipinski definition) is 8. The lowest BCUT2D eigenvalue weighted by molar-refractivity contribution is 0.418. The SMILES string of the molecule is Cc1cc(C#N)cc(C)c1Oc1ccnc(N(Cc2ccc(S(C)(=O)=O)cc2Cl)C2CCNCC2)n1. The zero-order valence-electron chi connectivity index (χ0n) is 20.5. The van der Waals surface area contributed by atoms with E-state index in [1.807, 2.05) is 13.8 Å². The van der Waals surface area contributed by atoms with Crippen molar-refractivity contribution in [3.63, 3.8) is 0 Å². The molecule has 0 atom stereocenters. The van der Waals surface area contributed by atoms with Crippen LogP contribution in [0, 0.1) is 25.2 Å². The summed E-state index contributed by atoms with van der Waals surface area (Å²) in [6, 6.07) is 12.4. The van der Waals surface area contributed by atoms with Crippen LogP contribution in [0.4, 0.5) is 5.95 Å². The van der Waals surface area contributed by atoms with Gasteiger partial charge in [-0.05, 0) is 80.7 Å². The molecule has 188 valence electrons. The van der Waals surface area contributed by atoms with Gasteiger partial charge >= 0.3 is 0 Å². The van der Waals surface area contributed by atoms with E-state index in [1.54, 1.807) is 36.5 Å². The summed E-state index contributed by atoms with van der Waals surface area (Å²) in [4.78, 5) is 11.6. The highest BCUT2D eigenvalue weighted by atomic mass is 35.5. The van der Waals surface area contributed by atoms with Crippen molar-refractivity contribution in [1.82, 2.24) is 15.3 Å². The molecule has 4 rings (SSSR count). The number of hydrogen-bond donors (Lipinski definition) is 1. The van der Waals surface area contributed by atoms with Gasteiger partial charge in [0.15, 0.2) is 9.84 Å². The molecule has 0 amide bonds. The molecule has 1 aliphatic rings. The average molecular weight is 526 g/mol. The van der Waals surface area contributed by atoms with E-state index in [2.05, 4.69) is 21.3 Å². The smallest absolute Gasteiger partial charge is 0.229 e. The minimum Gasteiger partial charge on any atom is -0.438 e. The van der Waals surface area contributed by atoms with E-state index in [-0.39, 0.29) is 10.9 Å². The Morgan fingerprint density at radius 1 is 1.17 bits per heavy atom. The van der Waals surface area contributed by atoms with Gasteiger partial charge in [0.2, 0.25) is 11.8 Å². The van der Waals surface area contributed by atoms with Crippen LogP contribution in [0.3, 0.4) is 0 Å². The molecule has 1 aromatic heterocycles. The zero-order valence-corrected chi connectivity index (χ0v) is 22.0. The molecule has 2 aromatic carbocycles. The summed E-state index contributed by atoms with van der Waals surface area (Å²) in [5.41, 5.74) is 3.06. The number of halogens is 1. The number of nitrogens with one attached hydrogen (secondary N) is 1. The van der Waals surface area contributed by atoms with E-state index < -0.39 is 9.84 Å². The fourth-order valence-electron chi connectivity index (χ4n) is 4.36. The highest BCUT2D eigenvalue weighted by Crippen LogP contribution is 2.31. The van der Waals surface area contributed by atoms with Gasteiger partial charge in [-0.1, -0.05) is 17.7 Å². The number of sulfone groups is 1. The molecule has 1 N–H and O–H groups in total. The molecule has 8 nitrogen and oxygen atoms in total. The summed E-state index contributed by atoms with van der Waals surface area (Å²) in [6.07, 6.45) is 4.63. The molecule has 0 bridgehead atoms. The van der Waals surface area contributed by atoms with Gasteiger partial charge in [-0.3, -0.25) is 0 Å². The maximum atomic E-state index is 11.9. The van der Waals surface area contributed by atoms with Gasteiger partial charge in [-0.15, -0.1) is 0 Å². The van der Waals surface area contributed by atoms with Gasteiger partial charge in [0.05, 0.1) is 16.5 Å². The molecule has 0 radical (unpaired) electrons. The molecule has 10 heteroatoms. The summed E-state index contributed by atoms with van der Waals surface area (Å²) in [5.74, 6) is 1.56. The van der Waals surface area contributed by atoms with Gasteiger partial charge in [-0.2, -0.15) is 10.2 Å². The first kappa shape index (κ1) is 25.9. The molecule has 3 aromatic rings. The predicted molar refractivity (Wildman–Crippen MR) is 139 cm³/mol. The number of aromatic nitrogens is 2. The second kappa shape index (κ2) is 10.8. The van der Waals surface area contributed by atoms with Gasteiger partial charge in [0, 0.05) is 36.1 Å². The number of nitriles is 1. The van der Waals surface area contributed by atoms with Crippen molar-refractivity contribution < 1.29 is 13.2 Å². The maximum Gasteiger partial charge on any atom is 0.229 e. The summed E-state index contributed by atoms with van der Waals surface area (Å²) >= 11 is 6.51. The van der Waals surface area contributed by atoms with Crippen LogP contribution < -0.4 is 15.0 Å². The third-order valence-electron chi connectivity index (χ3n) is 6.21. The lowest BCUT2D eigenvalue weighted by Gasteiger charge is -2.35. The number of ether oxygens (including phenoxy) is 1. The van der Waals surface area contributed by atoms with E-state index in [0.29, 0.717) is 34.7 Å². The highest BCUT2D eigenvalue weighted by Gasteiger charge is 2.25. The summed E-state index contributed by atoms with van der Waals surface area (Å²) in [6.45, 7) is 5.97. The summed E-state index contributed by atoms with van der Waals surface area (Å²) in [7, 11) is -3.36. The van der Waals surface area contributed by atoms with Crippen molar-refractivity contribution in [2.45, 2.75) is 44.2 Å². The van der Waals surface area contributed by atoms with Crippen molar-refractivity contribution in [2.24, 2.45) is 0 Å². The van der Waals surface area contributed by atoms with E-state index in [9.17, 15) is 13.7 Å². The van der Waals surface area contributed by atoms with Crippen molar-refractivity contribution in [3.8, 4) is 17.7 Å². The van der Waals surface area contributed by atoms with Crippen LogP contribution in [0.5, 0.6) is 11.6 Å². The Labute approximate surface area is 216 Å². The molecule has 36 heavy (non-hydrogen) atoms. The molecule has 0 saturated carbocycles. The Morgan fingerprint density at radius 3 is 2.47 bits per heavy atom. The van der Waals surface area contributed by atoms with Gasteiger partial charge in [0.1, 0.15) is 5.75 Å². The van der Waals surface area contributed by atoms with E-state index in [4.69, 9.17) is 21.3 Å². The number of rotatable bonds is 7. The van der Waals surface area contributed by atoms with Crippen LogP contribution in [0.15, 0.2) is 47.5 Å². The topological polar surface area (TPSA) is 108 Å². The van der Waals surface area contributed by atoms with Crippen LogP contribution in [0.1, 0.15) is 35.1 Å². The van der Waals surface area contributed by atoms with E-state index >= 15 is 0 Å². The third-order valence-corrected chi connectivity index (χ3v) is 7.68. The first-order valence-corrected chi connectivity index (χ1v) is 13.9. The Hall–Kier alpha value is -3.19. The number of anilines is 1. The minimum atomic E-state index is -3.36. The lowest BCUT2D eigenvalue weighted by Crippen LogP contribution is -2.43.